The van der Waals surface area contributed by atoms with Crippen molar-refractivity contribution >= 4 is 29.1 Å². The highest BCUT2D eigenvalue weighted by atomic mass is 19.2. The minimum absolute atomic E-state index is 0.176. The first-order valence-corrected chi connectivity index (χ1v) is 11.4. The molecule has 0 unspecified atom stereocenters. The number of rotatable bonds is 4. The van der Waals surface area contributed by atoms with Crippen LogP contribution in [-0.2, 0) is 10.8 Å². The van der Waals surface area contributed by atoms with E-state index >= 15 is 0 Å². The van der Waals surface area contributed by atoms with Crippen LogP contribution in [-0.4, -0.2) is 19.6 Å². The van der Waals surface area contributed by atoms with Crippen LogP contribution in [0.4, 0.5) is 8.63 Å². The van der Waals surface area contributed by atoms with Gasteiger partial charge < -0.3 is 9.39 Å². The van der Waals surface area contributed by atoms with Crippen LogP contribution in [0.5, 0.6) is 11.5 Å². The molecule has 0 fully saturated rings. The molecule has 0 saturated heterocycles. The van der Waals surface area contributed by atoms with Gasteiger partial charge in [0, 0.05) is 16.3 Å². The van der Waals surface area contributed by atoms with E-state index in [0.717, 1.165) is 38.6 Å². The van der Waals surface area contributed by atoms with Gasteiger partial charge in [-0.15, -0.1) is 0 Å². The summed E-state index contributed by atoms with van der Waals surface area (Å²) >= 11 is 0. The standard InChI is InChI=1S/C28H30BF2NO2/c1-27(2,3)17-14-22(26(34-29(30)31)23(15-17)28(4,5)6)25-20-13-12-18(33-7)16-21(20)19-10-8-9-11-24(19)32-25/h8-16H,1-7H3. The number of halogens is 2. The Balaban J connectivity index is 2.19. The largest absolute Gasteiger partial charge is 0.796 e. The second-order valence-corrected chi connectivity index (χ2v) is 10.7. The number of nitrogens with zero attached hydrogens (tertiary/aromatic N) is 1. The van der Waals surface area contributed by atoms with Gasteiger partial charge in [0.15, 0.2) is 0 Å². The molecule has 0 amide bonds. The first-order chi connectivity index (χ1) is 15.9. The fourth-order valence-electron chi connectivity index (χ4n) is 4.28. The average molecular weight is 461 g/mol. The molecule has 0 bridgehead atoms. The van der Waals surface area contributed by atoms with Crippen LogP contribution in [0.15, 0.2) is 54.6 Å². The lowest BCUT2D eigenvalue weighted by Gasteiger charge is -2.29. The van der Waals surface area contributed by atoms with Gasteiger partial charge in [-0.25, -0.2) is 13.6 Å². The normalized spacial score (nSPS) is 12.3. The Kier molecular flexibility index (Phi) is 6.05. The van der Waals surface area contributed by atoms with Gasteiger partial charge in [0.05, 0.1) is 18.3 Å². The van der Waals surface area contributed by atoms with Crippen LogP contribution >= 0.6 is 0 Å². The fourth-order valence-corrected chi connectivity index (χ4v) is 4.28. The molecule has 0 radical (unpaired) electrons. The number of fused-ring (bicyclic) bond motifs is 3. The van der Waals surface area contributed by atoms with Crippen molar-refractivity contribution in [2.24, 2.45) is 0 Å². The summed E-state index contributed by atoms with van der Waals surface area (Å²) < 4.78 is 38.2. The Morgan fingerprint density at radius 3 is 2.12 bits per heavy atom. The predicted octanol–water partition coefficient (Wildman–Crippen LogP) is 7.96. The van der Waals surface area contributed by atoms with Crippen LogP contribution in [0.3, 0.4) is 0 Å². The maximum Gasteiger partial charge on any atom is 0.796 e. The summed E-state index contributed by atoms with van der Waals surface area (Å²) in [7, 11) is -1.32. The molecule has 4 rings (SSSR count). The van der Waals surface area contributed by atoms with Gasteiger partial charge >= 0.3 is 7.47 Å². The molecule has 3 aromatic carbocycles. The summed E-state index contributed by atoms with van der Waals surface area (Å²) in [5, 5.41) is 2.77. The number of methoxy groups -OCH3 is 1. The highest BCUT2D eigenvalue weighted by Crippen LogP contribution is 2.45. The summed E-state index contributed by atoms with van der Waals surface area (Å²) in [6.07, 6.45) is 0. The van der Waals surface area contributed by atoms with E-state index in [9.17, 15) is 8.63 Å². The Morgan fingerprint density at radius 1 is 0.794 bits per heavy atom. The molecule has 0 atom stereocenters. The van der Waals surface area contributed by atoms with Crippen LogP contribution in [0, 0.1) is 0 Å². The lowest BCUT2D eigenvalue weighted by molar-refractivity contribution is 0.414. The summed E-state index contributed by atoms with van der Waals surface area (Å²) in [4.78, 5) is 4.98. The van der Waals surface area contributed by atoms with Crippen molar-refractivity contribution < 1.29 is 18.0 Å². The smallest absolute Gasteiger partial charge is 0.504 e. The van der Waals surface area contributed by atoms with Crippen molar-refractivity contribution in [3.05, 3.63) is 65.7 Å². The first-order valence-electron chi connectivity index (χ1n) is 11.4. The third-order valence-corrected chi connectivity index (χ3v) is 6.13. The average Bonchev–Trinajstić information content (AvgIpc) is 2.76. The van der Waals surface area contributed by atoms with Crippen LogP contribution in [0.1, 0.15) is 52.7 Å². The Labute approximate surface area is 200 Å². The van der Waals surface area contributed by atoms with Crippen molar-refractivity contribution in [3.8, 4) is 22.8 Å². The molecule has 0 aliphatic rings. The molecular weight excluding hydrogens is 431 g/mol. The molecule has 1 heterocycles. The number of para-hydroxylation sites is 1. The third-order valence-electron chi connectivity index (χ3n) is 6.13. The lowest BCUT2D eigenvalue weighted by Crippen LogP contribution is -2.21. The van der Waals surface area contributed by atoms with Gasteiger partial charge in [0.1, 0.15) is 11.5 Å². The zero-order valence-electron chi connectivity index (χ0n) is 20.8. The van der Waals surface area contributed by atoms with Gasteiger partial charge in [-0.1, -0.05) is 65.8 Å². The van der Waals surface area contributed by atoms with E-state index < -0.39 is 12.9 Å². The van der Waals surface area contributed by atoms with E-state index in [0.29, 0.717) is 11.3 Å². The van der Waals surface area contributed by atoms with Crippen LogP contribution in [0.2, 0.25) is 0 Å². The maximum atomic E-state index is 13.7. The predicted molar refractivity (Wildman–Crippen MR) is 137 cm³/mol. The minimum Gasteiger partial charge on any atom is -0.504 e. The SMILES string of the molecule is COc1ccc2c(-c3cc(C(C)(C)C)cc(C(C)(C)C)c3OB(F)F)nc3ccccc3c2c1. The van der Waals surface area contributed by atoms with Gasteiger partial charge in [0.2, 0.25) is 0 Å². The fraction of sp³-hybridized carbons (Fsp3) is 0.321. The number of pyridine rings is 1. The van der Waals surface area contributed by atoms with Crippen molar-refractivity contribution in [3.63, 3.8) is 0 Å². The summed E-state index contributed by atoms with van der Waals surface area (Å²) in [6.45, 7) is 12.4. The maximum absolute atomic E-state index is 13.7. The van der Waals surface area contributed by atoms with Crippen molar-refractivity contribution in [1.82, 2.24) is 4.98 Å². The molecule has 0 spiro atoms. The zero-order chi connectivity index (χ0) is 24.8. The Hall–Kier alpha value is -3.15. The van der Waals surface area contributed by atoms with Gasteiger partial charge in [-0.2, -0.15) is 0 Å². The zero-order valence-corrected chi connectivity index (χ0v) is 20.8. The van der Waals surface area contributed by atoms with Crippen LogP contribution in [0.25, 0.3) is 32.9 Å². The quantitative estimate of drug-likeness (QED) is 0.228. The number of ether oxygens (including phenoxy) is 1. The van der Waals surface area contributed by atoms with Crippen molar-refractivity contribution in [2.45, 2.75) is 52.4 Å². The molecule has 0 aliphatic heterocycles. The van der Waals surface area contributed by atoms with Crippen LogP contribution < -0.4 is 9.39 Å². The van der Waals surface area contributed by atoms with Gasteiger partial charge in [-0.05, 0) is 57.7 Å². The van der Waals surface area contributed by atoms with E-state index in [1.807, 2.05) is 75.4 Å². The van der Waals surface area contributed by atoms with E-state index in [2.05, 4.69) is 20.8 Å². The molecule has 0 aliphatic carbocycles. The summed E-state index contributed by atoms with van der Waals surface area (Å²) in [5.74, 6) is 0.896. The summed E-state index contributed by atoms with van der Waals surface area (Å²) in [6, 6.07) is 17.6. The highest BCUT2D eigenvalue weighted by Gasteiger charge is 2.31. The second-order valence-electron chi connectivity index (χ2n) is 10.7. The first kappa shape index (κ1) is 24.0. The Bertz CT molecular complexity index is 1370. The highest BCUT2D eigenvalue weighted by molar-refractivity contribution is 6.35. The minimum atomic E-state index is -2.95. The van der Waals surface area contributed by atoms with Crippen molar-refractivity contribution in [1.29, 1.82) is 0 Å². The van der Waals surface area contributed by atoms with Gasteiger partial charge in [0.25, 0.3) is 0 Å². The lowest BCUT2D eigenvalue weighted by atomic mass is 9.78. The molecule has 3 nitrogen and oxygen atoms in total. The number of aromatic nitrogens is 1. The molecule has 176 valence electrons. The molecule has 4 aromatic rings. The van der Waals surface area contributed by atoms with Crippen molar-refractivity contribution in [2.75, 3.05) is 7.11 Å². The molecule has 6 heteroatoms. The van der Waals surface area contributed by atoms with E-state index in [1.54, 1.807) is 7.11 Å². The van der Waals surface area contributed by atoms with E-state index in [-0.39, 0.29) is 11.2 Å². The van der Waals surface area contributed by atoms with E-state index in [4.69, 9.17) is 14.4 Å². The summed E-state index contributed by atoms with van der Waals surface area (Å²) in [5.41, 5.74) is 3.10. The number of hydrogen-bond acceptors (Lipinski definition) is 3. The molecular formula is C28H30BF2NO2. The van der Waals surface area contributed by atoms with Gasteiger partial charge in [-0.3, -0.25) is 0 Å². The van der Waals surface area contributed by atoms with E-state index in [1.165, 1.54) is 0 Å². The molecule has 0 saturated carbocycles. The molecule has 34 heavy (non-hydrogen) atoms. The number of benzene rings is 3. The second kappa shape index (κ2) is 8.57. The Morgan fingerprint density at radius 2 is 1.50 bits per heavy atom. The third kappa shape index (κ3) is 4.46. The number of hydrogen-bond donors (Lipinski definition) is 0. The topological polar surface area (TPSA) is 31.4 Å². The monoisotopic (exact) mass is 461 g/mol. The molecule has 0 N–H and O–H groups in total. The molecule has 1 aromatic heterocycles.